The number of carbonyl (C=O) groups excluding carboxylic acids is 3. The van der Waals surface area contributed by atoms with Crippen molar-refractivity contribution in [1.29, 1.82) is 0 Å². The van der Waals surface area contributed by atoms with Crippen molar-refractivity contribution in [2.24, 2.45) is 0 Å². The van der Waals surface area contributed by atoms with Gasteiger partial charge in [0.2, 0.25) is 0 Å². The number of aromatic hydroxyl groups is 1. The zero-order valence-electron chi connectivity index (χ0n) is 14.4. The second-order valence-corrected chi connectivity index (χ2v) is 5.48. The van der Waals surface area contributed by atoms with Crippen LogP contribution in [0.3, 0.4) is 0 Å². The van der Waals surface area contributed by atoms with Crippen LogP contribution in [0, 0.1) is 0 Å². The number of phenols is 1. The molecule has 0 radical (unpaired) electrons. The maximum Gasteiger partial charge on any atom is 0.339 e. The van der Waals surface area contributed by atoms with Crippen molar-refractivity contribution in [3.05, 3.63) is 29.8 Å². The minimum Gasteiger partial charge on any atom is -0.504 e. The van der Waals surface area contributed by atoms with E-state index in [0.717, 1.165) is 13.2 Å². The smallest absolute Gasteiger partial charge is 0.339 e. The molecule has 2 rings (SSSR count). The van der Waals surface area contributed by atoms with Crippen LogP contribution in [0.4, 0.5) is 0 Å². The summed E-state index contributed by atoms with van der Waals surface area (Å²) in [5.74, 6) is -3.12. The largest absolute Gasteiger partial charge is 0.504 e. The van der Waals surface area contributed by atoms with E-state index in [4.69, 9.17) is 14.2 Å². The van der Waals surface area contributed by atoms with Gasteiger partial charge in [0.25, 0.3) is 0 Å². The number of aliphatic hydroxyl groups excluding tert-OH is 2. The van der Waals surface area contributed by atoms with Crippen LogP contribution in [-0.4, -0.2) is 71.9 Å². The highest BCUT2D eigenvalue weighted by atomic mass is 16.6. The minimum atomic E-state index is -1.93. The summed E-state index contributed by atoms with van der Waals surface area (Å²) in [4.78, 5) is 34.9. The van der Waals surface area contributed by atoms with Crippen molar-refractivity contribution in [2.45, 2.75) is 24.4 Å². The Hall–Kier alpha value is -3.11. The average Bonchev–Trinajstić information content (AvgIpc) is 2.94. The fraction of sp³-hybridized carbons (Fsp3) is 0.353. The predicted molar refractivity (Wildman–Crippen MR) is 87.5 cm³/mol. The van der Waals surface area contributed by atoms with E-state index in [1.165, 1.54) is 31.4 Å². The van der Waals surface area contributed by atoms with E-state index in [2.05, 4.69) is 4.74 Å². The third kappa shape index (κ3) is 4.54. The monoisotopic (exact) mass is 382 g/mol. The molecule has 1 aliphatic heterocycles. The summed E-state index contributed by atoms with van der Waals surface area (Å²) in [6.07, 6.45) is -4.67. The molecule has 0 aromatic heterocycles. The Morgan fingerprint density at radius 3 is 2.63 bits per heavy atom. The second kappa shape index (κ2) is 8.52. The lowest BCUT2D eigenvalue weighted by Crippen LogP contribution is -2.45. The number of aliphatic hydroxyl groups is 2. The lowest BCUT2D eigenvalue weighted by molar-refractivity contribution is -0.169. The molecular weight excluding hydrogens is 364 g/mol. The first-order chi connectivity index (χ1) is 12.8. The highest BCUT2D eigenvalue weighted by Crippen LogP contribution is 2.27. The summed E-state index contributed by atoms with van der Waals surface area (Å²) in [7, 11) is 2.37. The summed E-state index contributed by atoms with van der Waals surface area (Å²) in [5, 5.41) is 29.1. The number of carbonyl (C=O) groups is 3. The number of hydrogen-bond acceptors (Lipinski definition) is 10. The van der Waals surface area contributed by atoms with Crippen LogP contribution in [0.15, 0.2) is 24.3 Å². The van der Waals surface area contributed by atoms with Crippen LogP contribution in [0.2, 0.25) is 0 Å². The van der Waals surface area contributed by atoms with Gasteiger partial charge >= 0.3 is 17.9 Å². The zero-order chi connectivity index (χ0) is 20.1. The molecule has 0 bridgehead atoms. The molecule has 4 atom stereocenters. The molecular formula is C17H18O10. The Kier molecular flexibility index (Phi) is 6.37. The van der Waals surface area contributed by atoms with Crippen molar-refractivity contribution in [2.75, 3.05) is 14.2 Å². The Balaban J connectivity index is 2.10. The fourth-order valence-electron chi connectivity index (χ4n) is 2.35. The van der Waals surface area contributed by atoms with E-state index in [9.17, 15) is 29.7 Å². The molecule has 10 heteroatoms. The molecule has 1 fully saturated rings. The van der Waals surface area contributed by atoms with Gasteiger partial charge in [0.1, 0.15) is 0 Å². The lowest BCUT2D eigenvalue weighted by Gasteiger charge is -2.21. The minimum absolute atomic E-state index is 0.0818. The Morgan fingerprint density at radius 2 is 2.00 bits per heavy atom. The van der Waals surface area contributed by atoms with Crippen molar-refractivity contribution in [3.63, 3.8) is 0 Å². The van der Waals surface area contributed by atoms with Gasteiger partial charge in [-0.2, -0.15) is 0 Å². The van der Waals surface area contributed by atoms with Gasteiger partial charge in [-0.05, 0) is 23.8 Å². The lowest BCUT2D eigenvalue weighted by atomic mass is 10.1. The predicted octanol–water partition coefficient (Wildman–Crippen LogP) is -0.854. The molecule has 0 unspecified atom stereocenters. The first-order valence-corrected chi connectivity index (χ1v) is 7.68. The molecule has 0 amide bonds. The zero-order valence-corrected chi connectivity index (χ0v) is 14.4. The maximum absolute atomic E-state index is 12.0. The van der Waals surface area contributed by atoms with Gasteiger partial charge in [0, 0.05) is 6.08 Å². The van der Waals surface area contributed by atoms with E-state index in [0.29, 0.717) is 5.56 Å². The van der Waals surface area contributed by atoms with Crippen molar-refractivity contribution in [3.8, 4) is 11.5 Å². The standard InChI is InChI=1S/C17H18O10/c1-24-10-7-8(3-5-9(10)18)4-6-11(19)26-14-13(21)17(23)27-15(14)12(20)16(22)25-2/h3-7,12-15,18,20-21H,1-2H3/b6-4+/t12-,13+,14+,15+/m0/s1. The SMILES string of the molecule is COC(=O)[C@@H](O)[C@H]1OC(=O)[C@H](O)[C@H]1OC(=O)/C=C/c1ccc(O)c(OC)c1. The fourth-order valence-corrected chi connectivity index (χ4v) is 2.35. The summed E-state index contributed by atoms with van der Waals surface area (Å²) in [5.41, 5.74) is 0.493. The van der Waals surface area contributed by atoms with Crippen LogP contribution in [-0.2, 0) is 28.6 Å². The summed E-state index contributed by atoms with van der Waals surface area (Å²) >= 11 is 0. The molecule has 27 heavy (non-hydrogen) atoms. The molecule has 3 N–H and O–H groups in total. The number of methoxy groups -OCH3 is 2. The first-order valence-electron chi connectivity index (χ1n) is 7.68. The Bertz CT molecular complexity index is 756. The first kappa shape index (κ1) is 20.2. The van der Waals surface area contributed by atoms with Crippen molar-refractivity contribution in [1.82, 2.24) is 0 Å². The van der Waals surface area contributed by atoms with Crippen molar-refractivity contribution >= 4 is 24.0 Å². The third-order valence-electron chi connectivity index (χ3n) is 3.75. The van der Waals surface area contributed by atoms with Crippen LogP contribution >= 0.6 is 0 Å². The number of esters is 3. The average molecular weight is 382 g/mol. The van der Waals surface area contributed by atoms with Gasteiger partial charge in [-0.1, -0.05) is 6.07 Å². The quantitative estimate of drug-likeness (QED) is 0.322. The number of cyclic esters (lactones) is 1. The number of rotatable bonds is 6. The van der Waals surface area contributed by atoms with E-state index in [1.807, 2.05) is 0 Å². The van der Waals surface area contributed by atoms with Gasteiger partial charge < -0.3 is 34.3 Å². The number of benzene rings is 1. The van der Waals surface area contributed by atoms with E-state index in [1.54, 1.807) is 0 Å². The molecule has 0 aliphatic carbocycles. The van der Waals surface area contributed by atoms with Crippen LogP contribution < -0.4 is 4.74 Å². The molecule has 1 heterocycles. The molecule has 1 aliphatic rings. The summed E-state index contributed by atoms with van der Waals surface area (Å²) in [6.45, 7) is 0. The topological polar surface area (TPSA) is 149 Å². The Labute approximate surface area is 153 Å². The Morgan fingerprint density at radius 1 is 1.30 bits per heavy atom. The van der Waals surface area contributed by atoms with E-state index < -0.39 is 42.3 Å². The maximum atomic E-state index is 12.0. The van der Waals surface area contributed by atoms with E-state index >= 15 is 0 Å². The molecule has 0 spiro atoms. The third-order valence-corrected chi connectivity index (χ3v) is 3.75. The highest BCUT2D eigenvalue weighted by molar-refractivity contribution is 5.88. The molecule has 0 saturated carbocycles. The molecule has 146 valence electrons. The van der Waals surface area contributed by atoms with Gasteiger partial charge in [-0.3, -0.25) is 0 Å². The number of ether oxygens (including phenoxy) is 4. The van der Waals surface area contributed by atoms with Gasteiger partial charge in [0.15, 0.2) is 35.9 Å². The molecule has 10 nitrogen and oxygen atoms in total. The van der Waals surface area contributed by atoms with Crippen molar-refractivity contribution < 1.29 is 48.7 Å². The molecule has 1 saturated heterocycles. The van der Waals surface area contributed by atoms with Crippen LogP contribution in [0.25, 0.3) is 6.08 Å². The second-order valence-electron chi connectivity index (χ2n) is 5.48. The van der Waals surface area contributed by atoms with Crippen LogP contribution in [0.1, 0.15) is 5.56 Å². The summed E-state index contributed by atoms with van der Waals surface area (Å²) < 4.78 is 18.9. The number of hydrogen-bond donors (Lipinski definition) is 3. The van der Waals surface area contributed by atoms with Gasteiger partial charge in [-0.25, -0.2) is 14.4 Å². The molecule has 1 aromatic carbocycles. The number of phenolic OH excluding ortho intramolecular Hbond substituents is 1. The molecule has 1 aromatic rings. The normalized spacial score (nSPS) is 23.0. The summed E-state index contributed by atoms with van der Waals surface area (Å²) in [6, 6.07) is 4.32. The van der Waals surface area contributed by atoms with Gasteiger partial charge in [0.05, 0.1) is 14.2 Å². The van der Waals surface area contributed by atoms with Crippen LogP contribution in [0.5, 0.6) is 11.5 Å². The van der Waals surface area contributed by atoms with E-state index in [-0.39, 0.29) is 11.5 Å². The highest BCUT2D eigenvalue weighted by Gasteiger charge is 2.51. The van der Waals surface area contributed by atoms with Gasteiger partial charge in [-0.15, -0.1) is 0 Å².